The fourth-order valence-electron chi connectivity index (χ4n) is 1.99. The number of benzene rings is 2. The van der Waals surface area contributed by atoms with Crippen LogP contribution in [0.25, 0.3) is 0 Å². The smallest absolute Gasteiger partial charge is 0.235 e. The molecule has 1 unspecified atom stereocenters. The van der Waals surface area contributed by atoms with E-state index in [2.05, 4.69) is 0 Å². The van der Waals surface area contributed by atoms with Crippen LogP contribution in [0.2, 0.25) is 0 Å². The van der Waals surface area contributed by atoms with Gasteiger partial charge in [-0.3, -0.25) is 4.79 Å². The van der Waals surface area contributed by atoms with Crippen LogP contribution in [-0.4, -0.2) is 36.3 Å². The van der Waals surface area contributed by atoms with E-state index in [4.69, 9.17) is 4.74 Å². The Bertz CT molecular complexity index is 574. The molecule has 22 heavy (non-hydrogen) atoms. The Morgan fingerprint density at radius 3 is 2.32 bits per heavy atom. The van der Waals surface area contributed by atoms with Crippen LogP contribution in [0.3, 0.4) is 0 Å². The summed E-state index contributed by atoms with van der Waals surface area (Å²) in [6.07, 6.45) is 0. The third kappa shape index (κ3) is 5.11. The second-order valence-corrected chi connectivity index (χ2v) is 6.41. The van der Waals surface area contributed by atoms with E-state index in [0.717, 1.165) is 10.6 Å². The van der Waals surface area contributed by atoms with Crippen molar-refractivity contribution in [1.29, 1.82) is 0 Å². The molecule has 0 spiro atoms. The van der Waals surface area contributed by atoms with Gasteiger partial charge in [0, 0.05) is 11.9 Å². The first-order valence-corrected chi connectivity index (χ1v) is 8.19. The fourth-order valence-corrected chi connectivity index (χ4v) is 2.99. The summed E-state index contributed by atoms with van der Waals surface area (Å²) in [5, 5.41) is -0.107. The van der Waals surface area contributed by atoms with Crippen LogP contribution >= 0.6 is 11.8 Å². The van der Waals surface area contributed by atoms with Gasteiger partial charge in [0.15, 0.2) is 0 Å². The average molecular weight is 315 g/mol. The van der Waals surface area contributed by atoms with Gasteiger partial charge >= 0.3 is 0 Å². The summed E-state index contributed by atoms with van der Waals surface area (Å²) in [5.41, 5.74) is 0. The van der Waals surface area contributed by atoms with Crippen LogP contribution in [0.5, 0.6) is 5.75 Å². The standard InChI is InChI=1S/C18H21NO2S/c1-15(22-17-11-7-4-8-12-17)18(20)19(2)13-14-21-16-9-5-3-6-10-16/h3-12,15H,13-14H2,1-2H3. The highest BCUT2D eigenvalue weighted by atomic mass is 32.2. The Balaban J connectivity index is 1.76. The van der Waals surface area contributed by atoms with E-state index in [-0.39, 0.29) is 11.2 Å². The Morgan fingerprint density at radius 1 is 1.09 bits per heavy atom. The van der Waals surface area contributed by atoms with E-state index in [1.807, 2.05) is 74.6 Å². The Kier molecular flexibility index (Phi) is 6.34. The van der Waals surface area contributed by atoms with Crippen LogP contribution in [0.1, 0.15) is 6.92 Å². The zero-order chi connectivity index (χ0) is 15.8. The van der Waals surface area contributed by atoms with Crippen molar-refractivity contribution in [3.8, 4) is 5.75 Å². The van der Waals surface area contributed by atoms with Crippen LogP contribution < -0.4 is 4.74 Å². The molecule has 3 nitrogen and oxygen atoms in total. The van der Waals surface area contributed by atoms with Gasteiger partial charge in [0.05, 0.1) is 11.8 Å². The van der Waals surface area contributed by atoms with Gasteiger partial charge in [0.25, 0.3) is 0 Å². The Labute approximate surface area is 136 Å². The lowest BCUT2D eigenvalue weighted by atomic mass is 10.3. The van der Waals surface area contributed by atoms with E-state index in [0.29, 0.717) is 13.2 Å². The molecule has 0 saturated carbocycles. The normalized spacial score (nSPS) is 11.7. The third-order valence-corrected chi connectivity index (χ3v) is 4.32. The minimum atomic E-state index is -0.107. The van der Waals surface area contributed by atoms with E-state index in [1.54, 1.807) is 16.7 Å². The zero-order valence-electron chi connectivity index (χ0n) is 12.9. The number of likely N-dealkylation sites (N-methyl/N-ethyl adjacent to an activating group) is 1. The highest BCUT2D eigenvalue weighted by Gasteiger charge is 2.18. The van der Waals surface area contributed by atoms with E-state index in [1.165, 1.54) is 0 Å². The largest absolute Gasteiger partial charge is 0.492 e. The molecular weight excluding hydrogens is 294 g/mol. The lowest BCUT2D eigenvalue weighted by Crippen LogP contribution is -2.36. The highest BCUT2D eigenvalue weighted by molar-refractivity contribution is 8.00. The molecule has 0 saturated heterocycles. The predicted octanol–water partition coefficient (Wildman–Crippen LogP) is 3.70. The lowest BCUT2D eigenvalue weighted by molar-refractivity contribution is -0.129. The van der Waals surface area contributed by atoms with Gasteiger partial charge in [0.2, 0.25) is 5.91 Å². The summed E-state index contributed by atoms with van der Waals surface area (Å²) in [7, 11) is 1.82. The molecule has 0 bridgehead atoms. The maximum Gasteiger partial charge on any atom is 0.235 e. The van der Waals surface area contributed by atoms with Crippen LogP contribution in [0, 0.1) is 0 Å². The molecule has 2 aromatic carbocycles. The van der Waals surface area contributed by atoms with Gasteiger partial charge < -0.3 is 9.64 Å². The second-order valence-electron chi connectivity index (χ2n) is 4.99. The first-order chi connectivity index (χ1) is 10.7. The van der Waals surface area contributed by atoms with Crippen molar-refractivity contribution in [1.82, 2.24) is 4.90 Å². The van der Waals surface area contributed by atoms with Crippen molar-refractivity contribution < 1.29 is 9.53 Å². The molecule has 0 aliphatic heterocycles. The average Bonchev–Trinajstić information content (AvgIpc) is 2.56. The summed E-state index contributed by atoms with van der Waals surface area (Å²) in [4.78, 5) is 15.2. The van der Waals surface area contributed by atoms with E-state index in [9.17, 15) is 4.79 Å². The molecule has 0 fully saturated rings. The van der Waals surface area contributed by atoms with Crippen molar-refractivity contribution in [3.63, 3.8) is 0 Å². The van der Waals surface area contributed by atoms with Crippen LogP contribution in [-0.2, 0) is 4.79 Å². The van der Waals surface area contributed by atoms with Crippen molar-refractivity contribution in [3.05, 3.63) is 60.7 Å². The minimum Gasteiger partial charge on any atom is -0.492 e. The number of para-hydroxylation sites is 1. The maximum absolute atomic E-state index is 12.3. The topological polar surface area (TPSA) is 29.5 Å². The molecule has 2 aromatic rings. The molecular formula is C18H21NO2S. The Hall–Kier alpha value is -1.94. The maximum atomic E-state index is 12.3. The number of thioether (sulfide) groups is 1. The van der Waals surface area contributed by atoms with Gasteiger partial charge in [-0.05, 0) is 31.2 Å². The zero-order valence-corrected chi connectivity index (χ0v) is 13.8. The molecule has 4 heteroatoms. The summed E-state index contributed by atoms with van der Waals surface area (Å²) in [6.45, 7) is 3.01. The van der Waals surface area contributed by atoms with E-state index < -0.39 is 0 Å². The monoisotopic (exact) mass is 315 g/mol. The number of ether oxygens (including phenoxy) is 1. The SMILES string of the molecule is CC(Sc1ccccc1)C(=O)N(C)CCOc1ccccc1. The lowest BCUT2D eigenvalue weighted by Gasteiger charge is -2.21. The molecule has 2 rings (SSSR count). The number of carbonyl (C=O) groups is 1. The summed E-state index contributed by atoms with van der Waals surface area (Å²) < 4.78 is 5.62. The molecule has 1 amide bonds. The number of carbonyl (C=O) groups excluding carboxylic acids is 1. The van der Waals surface area contributed by atoms with Crippen LogP contribution in [0.15, 0.2) is 65.6 Å². The number of nitrogens with zero attached hydrogens (tertiary/aromatic N) is 1. The van der Waals surface area contributed by atoms with Crippen molar-refractivity contribution >= 4 is 17.7 Å². The van der Waals surface area contributed by atoms with Gasteiger partial charge in [-0.2, -0.15) is 0 Å². The molecule has 0 aromatic heterocycles. The third-order valence-electron chi connectivity index (χ3n) is 3.22. The summed E-state index contributed by atoms with van der Waals surface area (Å²) in [6, 6.07) is 19.6. The number of rotatable bonds is 7. The quantitative estimate of drug-likeness (QED) is 0.730. The minimum absolute atomic E-state index is 0.107. The summed E-state index contributed by atoms with van der Waals surface area (Å²) >= 11 is 1.58. The Morgan fingerprint density at radius 2 is 1.68 bits per heavy atom. The number of hydrogen-bond donors (Lipinski definition) is 0. The van der Waals surface area contributed by atoms with E-state index >= 15 is 0 Å². The highest BCUT2D eigenvalue weighted by Crippen LogP contribution is 2.23. The number of hydrogen-bond acceptors (Lipinski definition) is 3. The molecule has 0 aliphatic carbocycles. The number of amides is 1. The molecule has 0 N–H and O–H groups in total. The first-order valence-electron chi connectivity index (χ1n) is 7.31. The molecule has 116 valence electrons. The molecule has 0 aliphatic rings. The van der Waals surface area contributed by atoms with Crippen molar-refractivity contribution in [2.45, 2.75) is 17.1 Å². The fraction of sp³-hybridized carbons (Fsp3) is 0.278. The van der Waals surface area contributed by atoms with Gasteiger partial charge in [-0.25, -0.2) is 0 Å². The molecule has 0 radical (unpaired) electrons. The molecule has 1 atom stereocenters. The second kappa shape index (κ2) is 8.49. The van der Waals surface area contributed by atoms with Crippen LogP contribution in [0.4, 0.5) is 0 Å². The van der Waals surface area contributed by atoms with Gasteiger partial charge in [-0.15, -0.1) is 11.8 Å². The van der Waals surface area contributed by atoms with Gasteiger partial charge in [0.1, 0.15) is 12.4 Å². The van der Waals surface area contributed by atoms with Crippen molar-refractivity contribution in [2.75, 3.05) is 20.2 Å². The van der Waals surface area contributed by atoms with Gasteiger partial charge in [-0.1, -0.05) is 36.4 Å². The summed E-state index contributed by atoms with van der Waals surface area (Å²) in [5.74, 6) is 0.945. The predicted molar refractivity (Wildman–Crippen MR) is 91.3 cm³/mol. The first kappa shape index (κ1) is 16.4. The molecule has 0 heterocycles. The van der Waals surface area contributed by atoms with Crippen molar-refractivity contribution in [2.24, 2.45) is 0 Å².